The van der Waals surface area contributed by atoms with Crippen LogP contribution in [0.3, 0.4) is 0 Å². The summed E-state index contributed by atoms with van der Waals surface area (Å²) in [5.41, 5.74) is 0. The Morgan fingerprint density at radius 2 is 2.50 bits per heavy atom. The summed E-state index contributed by atoms with van der Waals surface area (Å²) in [5.74, 6) is 0. The van der Waals surface area contributed by atoms with Crippen molar-refractivity contribution >= 4 is 6.34 Å². The van der Waals surface area contributed by atoms with Gasteiger partial charge in [0.1, 0.15) is 0 Å². The highest BCUT2D eigenvalue weighted by Crippen LogP contribution is 1.95. The molecule has 6 heavy (non-hydrogen) atoms. The second-order valence-electron chi connectivity index (χ2n) is 1.08. The Bertz CT molecular complexity index is 82.2. The molecule has 0 aliphatic carbocycles. The van der Waals surface area contributed by atoms with E-state index in [9.17, 15) is 0 Å². The van der Waals surface area contributed by atoms with Gasteiger partial charge in [-0.2, -0.15) is 5.11 Å². The van der Waals surface area contributed by atoms with Gasteiger partial charge in [-0.05, 0) is 6.92 Å². The number of hydrogen-bond acceptors (Lipinski definition) is 3. The summed E-state index contributed by atoms with van der Waals surface area (Å²) >= 11 is 0. The third kappa shape index (κ3) is 0.429. The smallest absolute Gasteiger partial charge is 0.218 e. The van der Waals surface area contributed by atoms with Crippen LogP contribution < -0.4 is 0 Å². The molecule has 1 heterocycles. The zero-order chi connectivity index (χ0) is 4.41. The molecule has 1 aliphatic heterocycles. The molecular weight excluding hydrogens is 78.1 g/mol. The third-order valence-corrected chi connectivity index (χ3v) is 0.514. The Balaban J connectivity index is 2.60. The molecule has 0 aromatic rings. The first-order valence-electron chi connectivity index (χ1n) is 1.74. The normalized spacial score (nSPS) is 29.2. The van der Waals surface area contributed by atoms with Gasteiger partial charge in [0, 0.05) is 0 Å². The number of rotatable bonds is 0. The Hall–Kier alpha value is -0.730. The van der Waals surface area contributed by atoms with E-state index in [2.05, 4.69) is 21.6 Å². The van der Waals surface area contributed by atoms with E-state index in [0.717, 1.165) is 0 Å². The lowest BCUT2D eigenvalue weighted by Gasteiger charge is -1.80. The molecule has 3 heteroatoms. The summed E-state index contributed by atoms with van der Waals surface area (Å²) in [7, 11) is 0. The molecular formula is C3H4N3. The van der Waals surface area contributed by atoms with E-state index in [0.29, 0.717) is 0 Å². The minimum atomic E-state index is 0.0185. The van der Waals surface area contributed by atoms with E-state index in [1.807, 2.05) is 6.92 Å². The molecule has 1 rings (SSSR count). The lowest BCUT2D eigenvalue weighted by Crippen LogP contribution is -1.82. The van der Waals surface area contributed by atoms with Crippen LogP contribution in [-0.4, -0.2) is 12.5 Å². The van der Waals surface area contributed by atoms with Gasteiger partial charge in [-0.15, -0.1) is 5.11 Å². The van der Waals surface area contributed by atoms with Crippen LogP contribution in [0.1, 0.15) is 6.92 Å². The van der Waals surface area contributed by atoms with Gasteiger partial charge >= 0.3 is 0 Å². The molecule has 31 valence electrons. The van der Waals surface area contributed by atoms with Crippen LogP contribution in [0.4, 0.5) is 0 Å². The summed E-state index contributed by atoms with van der Waals surface area (Å²) in [6.07, 6.45) is 2.37. The van der Waals surface area contributed by atoms with E-state index >= 15 is 0 Å². The van der Waals surface area contributed by atoms with E-state index in [4.69, 9.17) is 0 Å². The predicted octanol–water partition coefficient (Wildman–Crippen LogP) is 0.704. The van der Waals surface area contributed by atoms with Gasteiger partial charge in [0.15, 0.2) is 6.17 Å². The van der Waals surface area contributed by atoms with Crippen molar-refractivity contribution in [1.29, 1.82) is 0 Å². The highest BCUT2D eigenvalue weighted by atomic mass is 15.3. The van der Waals surface area contributed by atoms with Gasteiger partial charge in [0.2, 0.25) is 6.34 Å². The molecule has 1 unspecified atom stereocenters. The molecule has 0 saturated heterocycles. The van der Waals surface area contributed by atoms with Gasteiger partial charge < -0.3 is 0 Å². The maximum atomic E-state index is 3.65. The summed E-state index contributed by atoms with van der Waals surface area (Å²) < 4.78 is 0. The van der Waals surface area contributed by atoms with Crippen LogP contribution >= 0.6 is 0 Å². The lowest BCUT2D eigenvalue weighted by atomic mass is 10.6. The van der Waals surface area contributed by atoms with Gasteiger partial charge in [-0.3, -0.25) is 0 Å². The minimum absolute atomic E-state index is 0.0185. The quantitative estimate of drug-likeness (QED) is 0.412. The molecule has 0 saturated carbocycles. The van der Waals surface area contributed by atoms with Gasteiger partial charge in [-0.25, -0.2) is 4.99 Å². The standard InChI is InChI=1S/C3H4N3/c1-3-4-2-5-6-3/h3H,1H3. The average Bonchev–Trinajstić information content (AvgIpc) is 1.86. The van der Waals surface area contributed by atoms with E-state index in [1.165, 1.54) is 0 Å². The van der Waals surface area contributed by atoms with Crippen molar-refractivity contribution in [3.8, 4) is 0 Å². The summed E-state index contributed by atoms with van der Waals surface area (Å²) in [6.45, 7) is 1.85. The molecule has 1 atom stereocenters. The van der Waals surface area contributed by atoms with Crippen molar-refractivity contribution in [2.75, 3.05) is 0 Å². The van der Waals surface area contributed by atoms with Gasteiger partial charge in [-0.1, -0.05) is 0 Å². The SMILES string of the molecule is CC1N=[C]N=N1. The fourth-order valence-corrected chi connectivity index (χ4v) is 0.245. The van der Waals surface area contributed by atoms with E-state index < -0.39 is 0 Å². The summed E-state index contributed by atoms with van der Waals surface area (Å²) in [6, 6.07) is 0. The molecule has 0 N–H and O–H groups in total. The van der Waals surface area contributed by atoms with Crippen LogP contribution in [0.2, 0.25) is 0 Å². The van der Waals surface area contributed by atoms with Crippen LogP contribution in [0.5, 0.6) is 0 Å². The molecule has 0 aromatic carbocycles. The molecule has 0 fully saturated rings. The highest BCUT2D eigenvalue weighted by Gasteiger charge is 1.94. The van der Waals surface area contributed by atoms with Gasteiger partial charge in [0.25, 0.3) is 0 Å². The van der Waals surface area contributed by atoms with Gasteiger partial charge in [0.05, 0.1) is 0 Å². The molecule has 1 aliphatic rings. The first kappa shape index (κ1) is 3.46. The fourth-order valence-electron chi connectivity index (χ4n) is 0.245. The van der Waals surface area contributed by atoms with Crippen LogP contribution in [0.15, 0.2) is 15.2 Å². The predicted molar refractivity (Wildman–Crippen MR) is 21.8 cm³/mol. The Labute approximate surface area is 35.8 Å². The lowest BCUT2D eigenvalue weighted by molar-refractivity contribution is 0.788. The first-order chi connectivity index (χ1) is 2.89. The van der Waals surface area contributed by atoms with Crippen LogP contribution in [0, 0.1) is 0 Å². The molecule has 0 bridgehead atoms. The monoisotopic (exact) mass is 82.0 g/mol. The third-order valence-electron chi connectivity index (χ3n) is 0.514. The number of nitrogens with zero attached hydrogens (tertiary/aromatic N) is 3. The second kappa shape index (κ2) is 1.16. The Morgan fingerprint density at radius 3 is 2.67 bits per heavy atom. The van der Waals surface area contributed by atoms with Crippen molar-refractivity contribution in [2.45, 2.75) is 13.1 Å². The number of hydrogen-bond donors (Lipinski definition) is 0. The number of azo groups is 1. The van der Waals surface area contributed by atoms with E-state index in [1.54, 1.807) is 0 Å². The van der Waals surface area contributed by atoms with Crippen molar-refractivity contribution in [3.63, 3.8) is 0 Å². The maximum Gasteiger partial charge on any atom is 0.218 e. The van der Waals surface area contributed by atoms with Crippen LogP contribution in [-0.2, 0) is 0 Å². The summed E-state index contributed by atoms with van der Waals surface area (Å²) in [4.78, 5) is 3.65. The molecule has 3 nitrogen and oxygen atoms in total. The zero-order valence-corrected chi connectivity index (χ0v) is 3.42. The Kier molecular flexibility index (Phi) is 0.670. The van der Waals surface area contributed by atoms with Crippen molar-refractivity contribution in [3.05, 3.63) is 0 Å². The minimum Gasteiger partial charge on any atom is -0.233 e. The maximum absolute atomic E-state index is 3.65. The highest BCUT2D eigenvalue weighted by molar-refractivity contribution is 5.55. The molecule has 1 radical (unpaired) electrons. The van der Waals surface area contributed by atoms with Crippen molar-refractivity contribution in [2.24, 2.45) is 15.2 Å². The second-order valence-corrected chi connectivity index (χ2v) is 1.08. The molecule has 0 spiro atoms. The fraction of sp³-hybridized carbons (Fsp3) is 0.667. The largest absolute Gasteiger partial charge is 0.233 e. The zero-order valence-electron chi connectivity index (χ0n) is 3.42. The summed E-state index contributed by atoms with van der Waals surface area (Å²) in [5, 5.41) is 6.96. The van der Waals surface area contributed by atoms with Crippen molar-refractivity contribution < 1.29 is 0 Å². The molecule has 0 amide bonds. The van der Waals surface area contributed by atoms with Crippen LogP contribution in [0.25, 0.3) is 0 Å². The topological polar surface area (TPSA) is 37.1 Å². The molecule has 0 aromatic heterocycles. The average molecular weight is 82.1 g/mol. The number of aliphatic imine (C=N–C) groups is 1. The first-order valence-corrected chi connectivity index (χ1v) is 1.74. The van der Waals surface area contributed by atoms with Crippen molar-refractivity contribution in [1.82, 2.24) is 0 Å². The Morgan fingerprint density at radius 1 is 1.67 bits per heavy atom. The van der Waals surface area contributed by atoms with E-state index in [-0.39, 0.29) is 6.17 Å².